The van der Waals surface area contributed by atoms with Crippen LogP contribution in [-0.4, -0.2) is 35.8 Å². The number of hydrogen-bond donors (Lipinski definition) is 1. The molecule has 8 atom stereocenters. The summed E-state index contributed by atoms with van der Waals surface area (Å²) < 4.78 is 0. The normalized spacial score (nSPS) is 45.6. The van der Waals surface area contributed by atoms with Crippen molar-refractivity contribution in [2.24, 2.45) is 40.4 Å². The summed E-state index contributed by atoms with van der Waals surface area (Å²) in [5, 5.41) is 3.50. The molecule has 5 fully saturated rings. The van der Waals surface area contributed by atoms with Crippen LogP contribution in [0.4, 0.5) is 0 Å². The van der Waals surface area contributed by atoms with E-state index in [1.54, 1.807) is 6.92 Å². The zero-order valence-corrected chi connectivity index (χ0v) is 21.0. The van der Waals surface area contributed by atoms with Crippen LogP contribution in [0.3, 0.4) is 0 Å². The van der Waals surface area contributed by atoms with Crippen LogP contribution in [0.1, 0.15) is 104 Å². The van der Waals surface area contributed by atoms with Crippen LogP contribution in [-0.2, 0) is 9.59 Å². The van der Waals surface area contributed by atoms with Crippen molar-refractivity contribution in [1.82, 2.24) is 10.2 Å². The summed E-state index contributed by atoms with van der Waals surface area (Å²) in [6, 6.07) is 0.825. The first-order valence-electron chi connectivity index (χ1n) is 13.8. The lowest BCUT2D eigenvalue weighted by atomic mass is 9.46. The molecule has 4 aliphatic carbocycles. The van der Waals surface area contributed by atoms with E-state index in [2.05, 4.69) is 31.1 Å². The number of fused-ring (bicyclic) bond motifs is 5. The van der Waals surface area contributed by atoms with E-state index in [1.165, 1.54) is 70.6 Å². The van der Waals surface area contributed by atoms with Crippen molar-refractivity contribution in [3.8, 4) is 0 Å². The molecule has 5 aliphatic rings. The number of piperidine rings is 1. The Bertz CT molecular complexity index is 746. The fourth-order valence-corrected chi connectivity index (χ4v) is 10.1. The van der Waals surface area contributed by atoms with Crippen molar-refractivity contribution >= 4 is 11.8 Å². The molecule has 4 nitrogen and oxygen atoms in total. The van der Waals surface area contributed by atoms with Crippen LogP contribution in [0.15, 0.2) is 0 Å². The second-order valence-corrected chi connectivity index (χ2v) is 12.8. The Morgan fingerprint density at radius 3 is 2.38 bits per heavy atom. The van der Waals surface area contributed by atoms with Gasteiger partial charge in [-0.25, -0.2) is 0 Å². The Morgan fingerprint density at radius 1 is 0.938 bits per heavy atom. The summed E-state index contributed by atoms with van der Waals surface area (Å²) in [7, 11) is 2.06. The lowest BCUT2D eigenvalue weighted by Gasteiger charge is -2.62. The molecule has 0 bridgehead atoms. The van der Waals surface area contributed by atoms with E-state index in [9.17, 15) is 9.59 Å². The largest absolute Gasteiger partial charge is 0.353 e. The third kappa shape index (κ3) is 3.45. The van der Waals surface area contributed by atoms with Gasteiger partial charge in [-0.05, 0) is 98.2 Å². The quantitative estimate of drug-likeness (QED) is 0.623. The molecular weight excluding hydrogens is 396 g/mol. The molecule has 5 rings (SSSR count). The molecule has 0 radical (unpaired) electrons. The summed E-state index contributed by atoms with van der Waals surface area (Å²) in [5.74, 6) is 4.22. The predicted molar refractivity (Wildman–Crippen MR) is 128 cm³/mol. The van der Waals surface area contributed by atoms with Crippen LogP contribution in [0.5, 0.6) is 0 Å². The Labute approximate surface area is 195 Å². The molecular formula is C28H46N2O2. The summed E-state index contributed by atoms with van der Waals surface area (Å²) >= 11 is 0. The minimum Gasteiger partial charge on any atom is -0.353 e. The van der Waals surface area contributed by atoms with Crippen LogP contribution in [0, 0.1) is 40.4 Å². The summed E-state index contributed by atoms with van der Waals surface area (Å²) in [6.07, 6.45) is 16.2. The molecule has 32 heavy (non-hydrogen) atoms. The van der Waals surface area contributed by atoms with Gasteiger partial charge in [0.1, 0.15) is 0 Å². The SMILES string of the molecule is CC(=O)NC(C1CCCCC1)[C@H]1CC[C@H]2[C@@H]3CC[C@H]4N(C)C(=O)CC[C@]4(C)[C@H]3CC[C@]12C. The fraction of sp³-hybridized carbons (Fsp3) is 0.929. The lowest BCUT2D eigenvalue weighted by Crippen LogP contribution is -2.61. The average molecular weight is 443 g/mol. The van der Waals surface area contributed by atoms with E-state index in [4.69, 9.17) is 0 Å². The minimum absolute atomic E-state index is 0.171. The van der Waals surface area contributed by atoms with Crippen molar-refractivity contribution in [3.63, 3.8) is 0 Å². The van der Waals surface area contributed by atoms with Gasteiger partial charge in [0.05, 0.1) is 0 Å². The summed E-state index contributed by atoms with van der Waals surface area (Å²) in [6.45, 7) is 6.85. The highest BCUT2D eigenvalue weighted by Gasteiger charge is 2.62. The molecule has 4 heteroatoms. The van der Waals surface area contributed by atoms with Crippen molar-refractivity contribution in [3.05, 3.63) is 0 Å². The van der Waals surface area contributed by atoms with Gasteiger partial charge in [-0.3, -0.25) is 9.59 Å². The van der Waals surface area contributed by atoms with Gasteiger partial charge in [-0.15, -0.1) is 0 Å². The number of amides is 2. The molecule has 0 spiro atoms. The number of likely N-dealkylation sites (tertiary alicyclic amines) is 1. The third-order valence-electron chi connectivity index (χ3n) is 11.6. The second kappa shape index (κ2) is 8.31. The van der Waals surface area contributed by atoms with E-state index >= 15 is 0 Å². The Morgan fingerprint density at radius 2 is 1.66 bits per heavy atom. The Hall–Kier alpha value is -1.06. The highest BCUT2D eigenvalue weighted by Crippen LogP contribution is 2.67. The van der Waals surface area contributed by atoms with Crippen molar-refractivity contribution in [2.75, 3.05) is 7.05 Å². The minimum atomic E-state index is 0.171. The summed E-state index contributed by atoms with van der Waals surface area (Å²) in [4.78, 5) is 26.8. The van der Waals surface area contributed by atoms with Crippen molar-refractivity contribution in [1.29, 1.82) is 0 Å². The highest BCUT2D eigenvalue weighted by molar-refractivity contribution is 5.77. The standard InChI is InChI=1S/C28H46N2O2/c1-18(31)29-26(19-8-6-5-7-9-19)23-12-11-21-20-10-13-24-28(3,17-15-25(32)30(24)4)22(20)14-16-27(21,23)2/h19-24,26H,5-17H2,1-4H3,(H,29,31)/t20-,21-,22-,23+,24+,26?,27-,28+/m0/s1. The fourth-order valence-electron chi connectivity index (χ4n) is 10.1. The maximum absolute atomic E-state index is 12.4. The van der Waals surface area contributed by atoms with E-state index in [0.29, 0.717) is 40.7 Å². The maximum Gasteiger partial charge on any atom is 0.222 e. The second-order valence-electron chi connectivity index (χ2n) is 12.8. The van der Waals surface area contributed by atoms with Crippen LogP contribution in [0.25, 0.3) is 0 Å². The van der Waals surface area contributed by atoms with Gasteiger partial charge in [-0.2, -0.15) is 0 Å². The molecule has 1 heterocycles. The van der Waals surface area contributed by atoms with E-state index in [0.717, 1.165) is 30.6 Å². The summed E-state index contributed by atoms with van der Waals surface area (Å²) in [5.41, 5.74) is 0.663. The Balaban J connectivity index is 1.39. The molecule has 180 valence electrons. The zero-order chi connectivity index (χ0) is 22.7. The van der Waals surface area contributed by atoms with Crippen molar-refractivity contribution in [2.45, 2.75) is 116 Å². The van der Waals surface area contributed by atoms with Gasteiger partial charge in [0.2, 0.25) is 11.8 Å². The molecule has 1 aliphatic heterocycles. The molecule has 4 saturated carbocycles. The highest BCUT2D eigenvalue weighted by atomic mass is 16.2. The van der Waals surface area contributed by atoms with Gasteiger partial charge in [-0.1, -0.05) is 33.1 Å². The van der Waals surface area contributed by atoms with Gasteiger partial charge in [0.15, 0.2) is 0 Å². The third-order valence-corrected chi connectivity index (χ3v) is 11.6. The number of rotatable bonds is 3. The molecule has 0 aromatic heterocycles. The van der Waals surface area contributed by atoms with E-state index in [-0.39, 0.29) is 5.91 Å². The van der Waals surface area contributed by atoms with Gasteiger partial charge in [0.25, 0.3) is 0 Å². The topological polar surface area (TPSA) is 49.4 Å². The smallest absolute Gasteiger partial charge is 0.222 e. The van der Waals surface area contributed by atoms with E-state index < -0.39 is 0 Å². The van der Waals surface area contributed by atoms with Crippen LogP contribution in [0.2, 0.25) is 0 Å². The van der Waals surface area contributed by atoms with Crippen LogP contribution < -0.4 is 5.32 Å². The maximum atomic E-state index is 12.4. The predicted octanol–water partition coefficient (Wildman–Crippen LogP) is 5.55. The first-order valence-corrected chi connectivity index (χ1v) is 13.8. The number of carbonyl (C=O) groups excluding carboxylic acids is 2. The molecule has 1 saturated heterocycles. The lowest BCUT2D eigenvalue weighted by molar-refractivity contribution is -0.159. The number of nitrogens with one attached hydrogen (secondary N) is 1. The first-order chi connectivity index (χ1) is 15.3. The molecule has 1 N–H and O–H groups in total. The van der Waals surface area contributed by atoms with Crippen molar-refractivity contribution < 1.29 is 9.59 Å². The molecule has 1 unspecified atom stereocenters. The van der Waals surface area contributed by atoms with E-state index in [1.807, 2.05) is 0 Å². The van der Waals surface area contributed by atoms with Gasteiger partial charge >= 0.3 is 0 Å². The monoisotopic (exact) mass is 442 g/mol. The number of carbonyl (C=O) groups is 2. The molecule has 2 amide bonds. The van der Waals surface area contributed by atoms with Crippen LogP contribution >= 0.6 is 0 Å². The molecule has 0 aromatic rings. The Kier molecular flexibility index (Phi) is 5.90. The number of nitrogens with zero attached hydrogens (tertiary/aromatic N) is 1. The zero-order valence-electron chi connectivity index (χ0n) is 21.0. The first kappa shape index (κ1) is 22.7. The average Bonchev–Trinajstić information content (AvgIpc) is 3.12. The number of hydrogen-bond acceptors (Lipinski definition) is 2. The molecule has 0 aromatic carbocycles. The van der Waals surface area contributed by atoms with Gasteiger partial charge in [0, 0.05) is 32.5 Å². The van der Waals surface area contributed by atoms with Gasteiger partial charge < -0.3 is 10.2 Å².